The fourth-order valence-corrected chi connectivity index (χ4v) is 6.17. The number of ether oxygens (including phenoxy) is 1. The summed E-state index contributed by atoms with van der Waals surface area (Å²) in [6, 6.07) is 28.9. The summed E-state index contributed by atoms with van der Waals surface area (Å²) < 4.78 is 43.8. The first-order valence-corrected chi connectivity index (χ1v) is 16.0. The van der Waals surface area contributed by atoms with Gasteiger partial charge in [-0.05, 0) is 84.3 Å². The van der Waals surface area contributed by atoms with Crippen molar-refractivity contribution in [2.75, 3.05) is 37.0 Å². The SMILES string of the molecule is COC(=O)CCCNC(=O)C(c1ccccc1)C1CCN(c2ccc(NC(=O)c3ccccc3-c3ccc(C(F)(F)F)cc3)cc2)CC1. The highest BCUT2D eigenvalue weighted by molar-refractivity contribution is 6.08. The van der Waals surface area contributed by atoms with Crippen LogP contribution >= 0.6 is 0 Å². The zero-order valence-electron chi connectivity index (χ0n) is 26.6. The molecule has 1 heterocycles. The zero-order chi connectivity index (χ0) is 34.1. The van der Waals surface area contributed by atoms with Gasteiger partial charge in [0.15, 0.2) is 0 Å². The normalized spacial score (nSPS) is 14.2. The molecule has 48 heavy (non-hydrogen) atoms. The van der Waals surface area contributed by atoms with Gasteiger partial charge in [0.05, 0.1) is 18.6 Å². The van der Waals surface area contributed by atoms with E-state index in [1.165, 1.54) is 19.2 Å². The third kappa shape index (κ3) is 8.61. The number of nitrogens with zero attached hydrogens (tertiary/aromatic N) is 1. The number of piperidine rings is 1. The number of alkyl halides is 3. The van der Waals surface area contributed by atoms with E-state index in [0.717, 1.165) is 49.3 Å². The molecule has 0 saturated carbocycles. The van der Waals surface area contributed by atoms with Crippen LogP contribution in [0.2, 0.25) is 0 Å². The number of hydrogen-bond acceptors (Lipinski definition) is 5. The lowest BCUT2D eigenvalue weighted by Gasteiger charge is -2.37. The number of hydrogen-bond donors (Lipinski definition) is 2. The number of halogens is 3. The zero-order valence-corrected chi connectivity index (χ0v) is 26.6. The van der Waals surface area contributed by atoms with E-state index < -0.39 is 11.7 Å². The number of carbonyl (C=O) groups excluding carboxylic acids is 3. The van der Waals surface area contributed by atoms with Crippen molar-refractivity contribution in [2.24, 2.45) is 5.92 Å². The second-order valence-corrected chi connectivity index (χ2v) is 11.8. The minimum Gasteiger partial charge on any atom is -0.469 e. The molecule has 7 nitrogen and oxygen atoms in total. The Kier molecular flexibility index (Phi) is 11.2. The van der Waals surface area contributed by atoms with Crippen molar-refractivity contribution < 1.29 is 32.3 Å². The van der Waals surface area contributed by atoms with E-state index in [1.807, 2.05) is 54.6 Å². The van der Waals surface area contributed by atoms with Crippen LogP contribution < -0.4 is 15.5 Å². The van der Waals surface area contributed by atoms with Crippen molar-refractivity contribution in [3.63, 3.8) is 0 Å². The maximum atomic E-state index is 13.4. The molecule has 1 aliphatic heterocycles. The van der Waals surface area contributed by atoms with Crippen LogP contribution in [0.25, 0.3) is 11.1 Å². The molecule has 2 amide bonds. The van der Waals surface area contributed by atoms with Crippen LogP contribution in [0.1, 0.15) is 53.1 Å². The van der Waals surface area contributed by atoms with Gasteiger partial charge in [0.2, 0.25) is 5.91 Å². The highest BCUT2D eigenvalue weighted by Gasteiger charge is 2.33. The molecular formula is C38H38F3N3O4. The largest absolute Gasteiger partial charge is 0.469 e. The highest BCUT2D eigenvalue weighted by Crippen LogP contribution is 2.35. The van der Waals surface area contributed by atoms with Crippen LogP contribution in [0, 0.1) is 5.92 Å². The lowest BCUT2D eigenvalue weighted by Crippen LogP contribution is -2.40. The van der Waals surface area contributed by atoms with Gasteiger partial charge in [-0.1, -0.05) is 60.7 Å². The van der Waals surface area contributed by atoms with E-state index in [2.05, 4.69) is 20.3 Å². The summed E-state index contributed by atoms with van der Waals surface area (Å²) in [5.74, 6) is -0.852. The Morgan fingerprint density at radius 2 is 1.50 bits per heavy atom. The van der Waals surface area contributed by atoms with Crippen LogP contribution in [0.5, 0.6) is 0 Å². The minimum absolute atomic E-state index is 0.0375. The van der Waals surface area contributed by atoms with Gasteiger partial charge in [-0.3, -0.25) is 14.4 Å². The maximum Gasteiger partial charge on any atom is 0.416 e. The topological polar surface area (TPSA) is 87.7 Å². The first-order chi connectivity index (χ1) is 23.1. The molecule has 0 aliphatic carbocycles. The lowest BCUT2D eigenvalue weighted by atomic mass is 9.79. The van der Waals surface area contributed by atoms with Crippen molar-refractivity contribution in [3.05, 3.63) is 120 Å². The van der Waals surface area contributed by atoms with Crippen molar-refractivity contribution in [1.82, 2.24) is 5.32 Å². The molecule has 5 rings (SSSR count). The average molecular weight is 658 g/mol. The molecule has 1 atom stereocenters. The molecule has 1 aliphatic rings. The van der Waals surface area contributed by atoms with Crippen LogP contribution in [0.4, 0.5) is 24.5 Å². The second-order valence-electron chi connectivity index (χ2n) is 11.8. The fraction of sp³-hybridized carbons (Fsp3) is 0.289. The lowest BCUT2D eigenvalue weighted by molar-refractivity contribution is -0.141. The van der Waals surface area contributed by atoms with Crippen LogP contribution in [-0.4, -0.2) is 44.5 Å². The summed E-state index contributed by atoms with van der Waals surface area (Å²) >= 11 is 0. The smallest absolute Gasteiger partial charge is 0.416 e. The van der Waals surface area contributed by atoms with Crippen LogP contribution in [0.15, 0.2) is 103 Å². The number of nitrogens with one attached hydrogen (secondary N) is 2. The maximum absolute atomic E-state index is 13.4. The predicted molar refractivity (Wildman–Crippen MR) is 180 cm³/mol. The Labute approximate surface area is 278 Å². The number of rotatable bonds is 11. The van der Waals surface area contributed by atoms with E-state index in [-0.39, 0.29) is 36.0 Å². The molecular weight excluding hydrogens is 619 g/mol. The van der Waals surface area contributed by atoms with Gasteiger partial charge in [-0.15, -0.1) is 0 Å². The number of carbonyl (C=O) groups is 3. The van der Waals surface area contributed by atoms with Gasteiger partial charge in [-0.25, -0.2) is 0 Å². The van der Waals surface area contributed by atoms with E-state index in [1.54, 1.807) is 24.3 Å². The Morgan fingerprint density at radius 1 is 0.854 bits per heavy atom. The van der Waals surface area contributed by atoms with Crippen molar-refractivity contribution in [2.45, 2.75) is 37.8 Å². The van der Waals surface area contributed by atoms with E-state index in [0.29, 0.717) is 35.3 Å². The number of amides is 2. The van der Waals surface area contributed by atoms with Gasteiger partial charge in [-0.2, -0.15) is 13.2 Å². The Balaban J connectivity index is 1.20. The predicted octanol–water partition coefficient (Wildman–Crippen LogP) is 7.69. The van der Waals surface area contributed by atoms with Gasteiger partial charge in [0.1, 0.15) is 0 Å². The fourth-order valence-electron chi connectivity index (χ4n) is 6.17. The molecule has 4 aromatic rings. The molecule has 0 radical (unpaired) electrons. The average Bonchev–Trinajstić information content (AvgIpc) is 3.11. The molecule has 1 saturated heterocycles. The second kappa shape index (κ2) is 15.6. The van der Waals surface area contributed by atoms with Crippen molar-refractivity contribution in [3.8, 4) is 11.1 Å². The quantitative estimate of drug-likeness (QED) is 0.128. The third-order valence-electron chi connectivity index (χ3n) is 8.72. The summed E-state index contributed by atoms with van der Waals surface area (Å²) in [5, 5.41) is 5.93. The summed E-state index contributed by atoms with van der Waals surface area (Å²) in [6.07, 6.45) is -2.04. The van der Waals surface area contributed by atoms with Gasteiger partial charge < -0.3 is 20.3 Å². The number of anilines is 2. The number of benzene rings is 4. The van der Waals surface area contributed by atoms with Crippen LogP contribution in [-0.2, 0) is 20.5 Å². The highest BCUT2D eigenvalue weighted by atomic mass is 19.4. The van der Waals surface area contributed by atoms with Gasteiger partial charge in [0, 0.05) is 43.0 Å². The van der Waals surface area contributed by atoms with E-state index in [4.69, 9.17) is 0 Å². The molecule has 0 bridgehead atoms. The van der Waals surface area contributed by atoms with Gasteiger partial charge in [0.25, 0.3) is 5.91 Å². The molecule has 10 heteroatoms. The summed E-state index contributed by atoms with van der Waals surface area (Å²) in [6.45, 7) is 1.92. The molecule has 250 valence electrons. The summed E-state index contributed by atoms with van der Waals surface area (Å²) in [4.78, 5) is 40.3. The van der Waals surface area contributed by atoms with E-state index >= 15 is 0 Å². The molecule has 1 unspecified atom stereocenters. The summed E-state index contributed by atoms with van der Waals surface area (Å²) in [7, 11) is 1.35. The number of methoxy groups -OCH3 is 1. The third-order valence-corrected chi connectivity index (χ3v) is 8.72. The first-order valence-electron chi connectivity index (χ1n) is 16.0. The van der Waals surface area contributed by atoms with Crippen molar-refractivity contribution in [1.29, 1.82) is 0 Å². The molecule has 1 fully saturated rings. The van der Waals surface area contributed by atoms with Gasteiger partial charge >= 0.3 is 12.1 Å². The van der Waals surface area contributed by atoms with Crippen molar-refractivity contribution >= 4 is 29.2 Å². The molecule has 0 aromatic heterocycles. The Hall–Kier alpha value is -5.12. The first kappa shape index (κ1) is 34.2. The Morgan fingerprint density at radius 3 is 2.15 bits per heavy atom. The molecule has 2 N–H and O–H groups in total. The monoisotopic (exact) mass is 657 g/mol. The molecule has 4 aromatic carbocycles. The standard InChI is InChI=1S/C38H38F3N3O4/c1-48-34(45)12-7-23-42-37(47)35(27-8-3-2-4-9-27)28-21-24-44(25-22-28)31-19-17-30(18-20-31)43-36(46)33-11-6-5-10-32(33)26-13-15-29(16-14-26)38(39,40)41/h2-6,8-11,13-20,28,35H,7,12,21-25H2,1H3,(H,42,47)(H,43,46). The summed E-state index contributed by atoms with van der Waals surface area (Å²) in [5.41, 5.74) is 3.22. The van der Waals surface area contributed by atoms with E-state index in [9.17, 15) is 27.6 Å². The molecule has 0 spiro atoms. The van der Waals surface area contributed by atoms with Crippen LogP contribution in [0.3, 0.4) is 0 Å². The minimum atomic E-state index is -4.44. The Bertz CT molecular complexity index is 1690. The number of esters is 1.